The molecule has 0 fully saturated rings. The number of rotatable bonds is 2. The molecule has 14 heavy (non-hydrogen) atoms. The van der Waals surface area contributed by atoms with E-state index in [1.165, 1.54) is 21.8 Å². The van der Waals surface area contributed by atoms with Gasteiger partial charge in [0.15, 0.2) is 0 Å². The number of thiophene rings is 1. The molecule has 0 bridgehead atoms. The summed E-state index contributed by atoms with van der Waals surface area (Å²) in [6.45, 7) is 0. The van der Waals surface area contributed by atoms with Gasteiger partial charge in [0.2, 0.25) is 0 Å². The van der Waals surface area contributed by atoms with E-state index in [0.717, 1.165) is 25.7 Å². The Hall–Kier alpha value is -1.16. The van der Waals surface area contributed by atoms with Gasteiger partial charge in [0.1, 0.15) is 0 Å². The zero-order valence-electron chi connectivity index (χ0n) is 7.58. The number of carbonyl (C=O) groups is 2. The average Bonchev–Trinajstić information content (AvgIpc) is 2.59. The van der Waals surface area contributed by atoms with Gasteiger partial charge in [-0.3, -0.25) is 4.79 Å². The van der Waals surface area contributed by atoms with Crippen molar-refractivity contribution in [2.24, 2.45) is 0 Å². The van der Waals surface area contributed by atoms with E-state index in [0.29, 0.717) is 4.88 Å². The summed E-state index contributed by atoms with van der Waals surface area (Å²) in [5.41, 5.74) is 1.17. The number of Topliss-reactive ketones (excluding diaryl/α,β-unsaturated/α-hetero) is 1. The van der Waals surface area contributed by atoms with Crippen LogP contribution in [0.3, 0.4) is 0 Å². The first-order valence-corrected chi connectivity index (χ1v) is 5.39. The van der Waals surface area contributed by atoms with E-state index >= 15 is 0 Å². The van der Waals surface area contributed by atoms with E-state index in [1.54, 1.807) is 6.07 Å². The molecule has 1 aliphatic rings. The normalized spacial score (nSPS) is 14.9. The van der Waals surface area contributed by atoms with Gasteiger partial charge >= 0.3 is 5.97 Å². The van der Waals surface area contributed by atoms with E-state index in [4.69, 9.17) is 5.11 Å². The van der Waals surface area contributed by atoms with Gasteiger partial charge in [0.25, 0.3) is 5.78 Å². The third-order valence-electron chi connectivity index (χ3n) is 2.41. The maximum Gasteiger partial charge on any atom is 0.378 e. The standard InChI is InChI=1S/C10H10O3S/c11-9(10(12)13)8-5-6-3-1-2-4-7(6)14-8/h5H,1-4H2,(H,12,13). The molecule has 74 valence electrons. The van der Waals surface area contributed by atoms with Crippen LogP contribution in [0.25, 0.3) is 0 Å². The number of carboxylic acids is 1. The van der Waals surface area contributed by atoms with Crippen LogP contribution in [0.2, 0.25) is 0 Å². The van der Waals surface area contributed by atoms with Gasteiger partial charge in [0.05, 0.1) is 4.88 Å². The van der Waals surface area contributed by atoms with Crippen molar-refractivity contribution in [3.8, 4) is 0 Å². The first-order valence-electron chi connectivity index (χ1n) is 4.57. The predicted molar refractivity (Wildman–Crippen MR) is 52.9 cm³/mol. The van der Waals surface area contributed by atoms with Crippen LogP contribution in [0.1, 0.15) is 33.0 Å². The first-order chi connectivity index (χ1) is 6.68. The highest BCUT2D eigenvalue weighted by molar-refractivity contribution is 7.15. The summed E-state index contributed by atoms with van der Waals surface area (Å²) < 4.78 is 0. The lowest BCUT2D eigenvalue weighted by Crippen LogP contribution is -2.10. The Balaban J connectivity index is 2.32. The molecule has 4 heteroatoms. The van der Waals surface area contributed by atoms with E-state index in [-0.39, 0.29) is 0 Å². The van der Waals surface area contributed by atoms with Crippen LogP contribution in [0.5, 0.6) is 0 Å². The maximum absolute atomic E-state index is 11.2. The molecular formula is C10H10O3S. The molecule has 1 aromatic rings. The molecule has 0 aromatic carbocycles. The number of carboxylic acid groups (broad SMARTS) is 1. The van der Waals surface area contributed by atoms with Crippen molar-refractivity contribution >= 4 is 23.1 Å². The van der Waals surface area contributed by atoms with Crippen LogP contribution >= 0.6 is 11.3 Å². The van der Waals surface area contributed by atoms with Gasteiger partial charge < -0.3 is 5.11 Å². The van der Waals surface area contributed by atoms with Crippen molar-refractivity contribution in [2.45, 2.75) is 25.7 Å². The quantitative estimate of drug-likeness (QED) is 0.599. The monoisotopic (exact) mass is 210 g/mol. The second-order valence-corrected chi connectivity index (χ2v) is 4.54. The fourth-order valence-corrected chi connectivity index (χ4v) is 2.89. The van der Waals surface area contributed by atoms with Gasteiger partial charge in [-0.1, -0.05) is 0 Å². The van der Waals surface area contributed by atoms with Crippen molar-refractivity contribution in [2.75, 3.05) is 0 Å². The van der Waals surface area contributed by atoms with Crippen LogP contribution in [0.4, 0.5) is 0 Å². The number of aryl methyl sites for hydroxylation is 2. The minimum Gasteiger partial charge on any atom is -0.475 e. The van der Waals surface area contributed by atoms with Gasteiger partial charge in [0, 0.05) is 4.88 Å². The Morgan fingerprint density at radius 3 is 2.64 bits per heavy atom. The lowest BCUT2D eigenvalue weighted by atomic mass is 9.99. The molecule has 0 amide bonds. The Morgan fingerprint density at radius 2 is 2.00 bits per heavy atom. The van der Waals surface area contributed by atoms with E-state index in [2.05, 4.69) is 0 Å². The molecule has 1 aromatic heterocycles. The lowest BCUT2D eigenvalue weighted by molar-refractivity contribution is -0.131. The molecule has 0 spiro atoms. The topological polar surface area (TPSA) is 54.4 Å². The Kier molecular flexibility index (Phi) is 2.37. The molecule has 3 nitrogen and oxygen atoms in total. The maximum atomic E-state index is 11.2. The van der Waals surface area contributed by atoms with Crippen molar-refractivity contribution in [1.29, 1.82) is 0 Å². The Bertz CT molecular complexity index is 369. The van der Waals surface area contributed by atoms with Crippen LogP contribution < -0.4 is 0 Å². The minimum absolute atomic E-state index is 0.379. The molecule has 0 saturated carbocycles. The predicted octanol–water partition coefficient (Wildman–Crippen LogP) is 1.89. The largest absolute Gasteiger partial charge is 0.475 e. The van der Waals surface area contributed by atoms with Crippen molar-refractivity contribution in [1.82, 2.24) is 0 Å². The second kappa shape index (κ2) is 3.53. The highest BCUT2D eigenvalue weighted by atomic mass is 32.1. The lowest BCUT2D eigenvalue weighted by Gasteiger charge is -2.08. The number of fused-ring (bicyclic) bond motifs is 1. The summed E-state index contributed by atoms with van der Waals surface area (Å²) >= 11 is 1.34. The Morgan fingerprint density at radius 1 is 1.29 bits per heavy atom. The zero-order valence-corrected chi connectivity index (χ0v) is 8.39. The van der Waals surface area contributed by atoms with Crippen LogP contribution in [-0.4, -0.2) is 16.9 Å². The highest BCUT2D eigenvalue weighted by Gasteiger charge is 2.21. The van der Waals surface area contributed by atoms with Gasteiger partial charge in [-0.15, -0.1) is 11.3 Å². The zero-order chi connectivity index (χ0) is 10.1. The molecule has 2 rings (SSSR count). The minimum atomic E-state index is -1.36. The summed E-state index contributed by atoms with van der Waals surface area (Å²) in [5.74, 6) is -2.13. The molecule has 1 aliphatic carbocycles. The van der Waals surface area contributed by atoms with Gasteiger partial charge in [-0.05, 0) is 37.3 Å². The molecule has 0 unspecified atom stereocenters. The number of ketones is 1. The number of hydrogen-bond acceptors (Lipinski definition) is 3. The number of aliphatic carboxylic acids is 1. The summed E-state index contributed by atoms with van der Waals surface area (Å²) in [7, 11) is 0. The smallest absolute Gasteiger partial charge is 0.378 e. The molecule has 1 heterocycles. The number of carbonyl (C=O) groups excluding carboxylic acids is 1. The molecule has 0 radical (unpaired) electrons. The van der Waals surface area contributed by atoms with E-state index in [9.17, 15) is 9.59 Å². The summed E-state index contributed by atoms with van der Waals surface area (Å²) in [4.78, 5) is 23.2. The summed E-state index contributed by atoms with van der Waals surface area (Å²) in [5, 5.41) is 8.55. The van der Waals surface area contributed by atoms with Crippen LogP contribution in [0, 0.1) is 0 Å². The summed E-state index contributed by atoms with van der Waals surface area (Å²) in [6.07, 6.45) is 4.27. The van der Waals surface area contributed by atoms with Crippen molar-refractivity contribution < 1.29 is 14.7 Å². The fourth-order valence-electron chi connectivity index (χ4n) is 1.71. The SMILES string of the molecule is O=C(O)C(=O)c1cc2c(s1)CCCC2. The van der Waals surface area contributed by atoms with Gasteiger partial charge in [-0.2, -0.15) is 0 Å². The van der Waals surface area contributed by atoms with Crippen LogP contribution in [-0.2, 0) is 17.6 Å². The van der Waals surface area contributed by atoms with Crippen molar-refractivity contribution in [3.63, 3.8) is 0 Å². The van der Waals surface area contributed by atoms with Crippen LogP contribution in [0.15, 0.2) is 6.07 Å². The third-order valence-corrected chi connectivity index (χ3v) is 3.65. The van der Waals surface area contributed by atoms with E-state index in [1.807, 2.05) is 0 Å². The van der Waals surface area contributed by atoms with Gasteiger partial charge in [-0.25, -0.2) is 4.79 Å². The molecule has 0 saturated heterocycles. The molecule has 1 N–H and O–H groups in total. The molecule has 0 aliphatic heterocycles. The Labute approximate surface area is 85.4 Å². The molecule has 0 atom stereocenters. The first kappa shape index (κ1) is 9.40. The van der Waals surface area contributed by atoms with Crippen molar-refractivity contribution in [3.05, 3.63) is 21.4 Å². The molecular weight excluding hydrogens is 200 g/mol. The fraction of sp³-hybridized carbons (Fsp3) is 0.400. The van der Waals surface area contributed by atoms with E-state index < -0.39 is 11.8 Å². The highest BCUT2D eigenvalue weighted by Crippen LogP contribution is 2.29. The third kappa shape index (κ3) is 1.57. The number of hydrogen-bond donors (Lipinski definition) is 1. The second-order valence-electron chi connectivity index (χ2n) is 3.40. The summed E-state index contributed by atoms with van der Waals surface area (Å²) in [6, 6.07) is 1.75. The average molecular weight is 210 g/mol.